The van der Waals surface area contributed by atoms with Crippen molar-refractivity contribution in [2.45, 2.75) is 0 Å². The smallest absolute Gasteiger partial charge is 0.143 e. The Bertz CT molecular complexity index is 4560. The molecule has 15 rings (SSSR count). The minimum absolute atomic E-state index is 0.904. The average molecular weight is 945 g/mol. The maximum absolute atomic E-state index is 6.45. The number of nitrogens with zero attached hydrogens (tertiary/aromatic N) is 2. The SMILES string of the molecule is c1ccc(N(c2ccc(-c3cc4ccc5ccc(N(c6ccccc6)c6ccc(-c7cccc8c7oc7ccccc78)cc6)c6ccc(c3)c4c56)cc2)c2ccc(-c3cccc4c3oc3ccccc34)cc2)cc1. The summed E-state index contributed by atoms with van der Waals surface area (Å²) in [6.45, 7) is 0. The van der Waals surface area contributed by atoms with Crippen LogP contribution in [0, 0.1) is 0 Å². The van der Waals surface area contributed by atoms with Gasteiger partial charge >= 0.3 is 0 Å². The molecule has 13 aromatic carbocycles. The van der Waals surface area contributed by atoms with Gasteiger partial charge in [-0.1, -0.05) is 176 Å². The van der Waals surface area contributed by atoms with Crippen LogP contribution in [0.3, 0.4) is 0 Å². The molecule has 0 unspecified atom stereocenters. The summed E-state index contributed by atoms with van der Waals surface area (Å²) >= 11 is 0. The van der Waals surface area contributed by atoms with Crippen molar-refractivity contribution >= 4 is 110 Å². The monoisotopic (exact) mass is 944 g/mol. The standard InChI is InChI=1S/C70H44N2O2/c1-3-13-52(14-4-1)71(55-37-29-46(30-38-55)57-19-11-21-61-59-17-7-9-23-65(59)73-69(57)61)54-35-27-45(28-36-54)51-43-49-26-25-48-34-42-64(63-41-33-50(44-51)67(49)68(48)63)72(53-15-5-2-6-16-53)56-39-31-47(32-40-56)58-20-12-22-62-60-18-8-10-24-66(60)74-70(58)62/h1-44H. The number of anilines is 6. The molecule has 0 amide bonds. The number of benzene rings is 13. The Balaban J connectivity index is 0.776. The van der Waals surface area contributed by atoms with Crippen molar-refractivity contribution in [3.8, 4) is 33.4 Å². The highest BCUT2D eigenvalue weighted by Crippen LogP contribution is 2.46. The normalized spacial score (nSPS) is 11.8. The Labute approximate surface area is 427 Å². The molecule has 74 heavy (non-hydrogen) atoms. The molecule has 4 heteroatoms. The highest BCUT2D eigenvalue weighted by molar-refractivity contribution is 6.26. The average Bonchev–Trinajstić information content (AvgIpc) is 4.06. The van der Waals surface area contributed by atoms with E-state index in [2.05, 4.69) is 252 Å². The molecular weight excluding hydrogens is 901 g/mol. The van der Waals surface area contributed by atoms with E-state index in [1.54, 1.807) is 0 Å². The van der Waals surface area contributed by atoms with Crippen LogP contribution in [0.1, 0.15) is 0 Å². The molecule has 2 heterocycles. The summed E-state index contributed by atoms with van der Waals surface area (Å²) in [5, 5.41) is 11.9. The van der Waals surface area contributed by atoms with Crippen molar-refractivity contribution < 1.29 is 8.83 Å². The zero-order chi connectivity index (χ0) is 48.7. The summed E-state index contributed by atoms with van der Waals surface area (Å²) in [4.78, 5) is 4.71. The van der Waals surface area contributed by atoms with E-state index in [0.29, 0.717) is 0 Å². The molecule has 346 valence electrons. The Kier molecular flexibility index (Phi) is 9.54. The van der Waals surface area contributed by atoms with Gasteiger partial charge in [0.05, 0.1) is 5.69 Å². The van der Waals surface area contributed by atoms with Crippen LogP contribution in [-0.4, -0.2) is 0 Å². The minimum Gasteiger partial charge on any atom is -0.455 e. The summed E-state index contributed by atoms with van der Waals surface area (Å²) in [5.41, 5.74) is 16.9. The van der Waals surface area contributed by atoms with Crippen molar-refractivity contribution in [3.05, 3.63) is 267 Å². The van der Waals surface area contributed by atoms with Crippen molar-refractivity contribution in [1.82, 2.24) is 0 Å². The van der Waals surface area contributed by atoms with Crippen LogP contribution in [0.4, 0.5) is 34.1 Å². The maximum Gasteiger partial charge on any atom is 0.143 e. The first-order valence-electron chi connectivity index (χ1n) is 25.2. The van der Waals surface area contributed by atoms with Gasteiger partial charge in [-0.2, -0.15) is 0 Å². The van der Waals surface area contributed by atoms with Gasteiger partial charge in [0.2, 0.25) is 0 Å². The number of hydrogen-bond acceptors (Lipinski definition) is 4. The van der Waals surface area contributed by atoms with Gasteiger partial charge in [0.15, 0.2) is 0 Å². The third-order valence-electron chi connectivity index (χ3n) is 15.0. The number of rotatable bonds is 9. The van der Waals surface area contributed by atoms with Crippen molar-refractivity contribution in [2.24, 2.45) is 0 Å². The zero-order valence-electron chi connectivity index (χ0n) is 40.1. The lowest BCUT2D eigenvalue weighted by Crippen LogP contribution is -2.10. The molecule has 0 saturated heterocycles. The number of furan rings is 2. The second kappa shape index (κ2) is 16.9. The Hall–Kier alpha value is -9.90. The van der Waals surface area contributed by atoms with Crippen LogP contribution in [0.15, 0.2) is 276 Å². The molecule has 4 nitrogen and oxygen atoms in total. The van der Waals surface area contributed by atoms with Gasteiger partial charge in [0.1, 0.15) is 22.3 Å². The van der Waals surface area contributed by atoms with E-state index in [4.69, 9.17) is 8.83 Å². The molecule has 0 radical (unpaired) electrons. The van der Waals surface area contributed by atoms with E-state index in [1.807, 2.05) is 24.3 Å². The molecule has 0 bridgehead atoms. The lowest BCUT2D eigenvalue weighted by atomic mass is 9.90. The predicted molar refractivity (Wildman–Crippen MR) is 310 cm³/mol. The first kappa shape index (κ1) is 41.8. The highest BCUT2D eigenvalue weighted by atomic mass is 16.3. The van der Waals surface area contributed by atoms with Crippen LogP contribution in [0.25, 0.3) is 110 Å². The van der Waals surface area contributed by atoms with Crippen LogP contribution < -0.4 is 9.80 Å². The van der Waals surface area contributed by atoms with Crippen LogP contribution in [-0.2, 0) is 0 Å². The van der Waals surface area contributed by atoms with Crippen LogP contribution in [0.2, 0.25) is 0 Å². The fourth-order valence-electron chi connectivity index (χ4n) is 11.5. The molecule has 0 fully saturated rings. The van der Waals surface area contributed by atoms with Crippen molar-refractivity contribution in [3.63, 3.8) is 0 Å². The largest absolute Gasteiger partial charge is 0.455 e. The van der Waals surface area contributed by atoms with E-state index in [9.17, 15) is 0 Å². The fraction of sp³-hybridized carbons (Fsp3) is 0. The number of hydrogen-bond donors (Lipinski definition) is 0. The van der Waals surface area contributed by atoms with Crippen LogP contribution >= 0.6 is 0 Å². The van der Waals surface area contributed by atoms with Gasteiger partial charge in [-0.15, -0.1) is 0 Å². The molecule has 15 aromatic rings. The minimum atomic E-state index is 0.904. The zero-order valence-corrected chi connectivity index (χ0v) is 40.1. The van der Waals surface area contributed by atoms with Gasteiger partial charge in [-0.25, -0.2) is 0 Å². The predicted octanol–water partition coefficient (Wildman–Crippen LogP) is 20.3. The van der Waals surface area contributed by atoms with E-state index >= 15 is 0 Å². The van der Waals surface area contributed by atoms with Gasteiger partial charge in [-0.05, 0) is 140 Å². The molecule has 0 aliphatic carbocycles. The van der Waals surface area contributed by atoms with Crippen molar-refractivity contribution in [2.75, 3.05) is 9.80 Å². The fourth-order valence-corrected chi connectivity index (χ4v) is 11.5. The van der Waals surface area contributed by atoms with E-state index in [0.717, 1.165) is 106 Å². The van der Waals surface area contributed by atoms with Crippen molar-refractivity contribution in [1.29, 1.82) is 0 Å². The summed E-state index contributed by atoms with van der Waals surface area (Å²) in [5.74, 6) is 0. The van der Waals surface area contributed by atoms with E-state index in [1.165, 1.54) is 37.9 Å². The van der Waals surface area contributed by atoms with Gasteiger partial charge in [-0.3, -0.25) is 0 Å². The molecule has 0 aliphatic rings. The molecule has 2 aromatic heterocycles. The molecule has 0 N–H and O–H groups in total. The summed E-state index contributed by atoms with van der Waals surface area (Å²) in [7, 11) is 0. The summed E-state index contributed by atoms with van der Waals surface area (Å²) in [6, 6.07) is 95.9. The first-order valence-corrected chi connectivity index (χ1v) is 25.2. The Morgan fingerprint density at radius 1 is 0.243 bits per heavy atom. The summed E-state index contributed by atoms with van der Waals surface area (Å²) in [6.07, 6.45) is 0. The molecule has 0 spiro atoms. The number of fused-ring (bicyclic) bond motifs is 6. The first-order chi connectivity index (χ1) is 36.7. The van der Waals surface area contributed by atoms with E-state index in [-0.39, 0.29) is 0 Å². The highest BCUT2D eigenvalue weighted by Gasteiger charge is 2.21. The van der Waals surface area contributed by atoms with Gasteiger partial charge in [0, 0.05) is 66.5 Å². The third kappa shape index (κ3) is 6.77. The Morgan fingerprint density at radius 2 is 0.662 bits per heavy atom. The molecular formula is C70H44N2O2. The molecule has 0 atom stereocenters. The lowest BCUT2D eigenvalue weighted by Gasteiger charge is -2.28. The van der Waals surface area contributed by atoms with Gasteiger partial charge < -0.3 is 18.6 Å². The second-order valence-electron chi connectivity index (χ2n) is 19.2. The molecule has 0 saturated carbocycles. The summed E-state index contributed by atoms with van der Waals surface area (Å²) < 4.78 is 12.9. The Morgan fingerprint density at radius 3 is 1.22 bits per heavy atom. The lowest BCUT2D eigenvalue weighted by molar-refractivity contribution is 0.669. The van der Waals surface area contributed by atoms with Crippen LogP contribution in [0.5, 0.6) is 0 Å². The van der Waals surface area contributed by atoms with E-state index < -0.39 is 0 Å². The number of para-hydroxylation sites is 6. The topological polar surface area (TPSA) is 32.8 Å². The third-order valence-corrected chi connectivity index (χ3v) is 15.0. The molecule has 0 aliphatic heterocycles. The maximum atomic E-state index is 6.45. The van der Waals surface area contributed by atoms with Gasteiger partial charge in [0.25, 0.3) is 0 Å². The second-order valence-corrected chi connectivity index (χ2v) is 19.2. The quantitative estimate of drug-likeness (QED) is 0.135.